The highest BCUT2D eigenvalue weighted by atomic mass is 15.2. The molecule has 1 saturated heterocycles. The summed E-state index contributed by atoms with van der Waals surface area (Å²) in [5.74, 6) is 0.739. The molecule has 5 nitrogen and oxygen atoms in total. The Morgan fingerprint density at radius 3 is 3.10 bits per heavy atom. The van der Waals surface area contributed by atoms with Crippen LogP contribution in [-0.4, -0.2) is 39.0 Å². The molecule has 2 aromatic rings. The molecule has 1 aliphatic rings. The lowest BCUT2D eigenvalue weighted by atomic mass is 10.1. The Balaban J connectivity index is 1.58. The molecule has 3 rings (SSSR count). The third-order valence-electron chi connectivity index (χ3n) is 3.76. The molecule has 1 aliphatic heterocycles. The van der Waals surface area contributed by atoms with Crippen LogP contribution in [0.3, 0.4) is 0 Å². The van der Waals surface area contributed by atoms with E-state index in [2.05, 4.69) is 31.2 Å². The number of anilines is 1. The van der Waals surface area contributed by atoms with E-state index in [1.54, 1.807) is 6.20 Å². The van der Waals surface area contributed by atoms with Crippen molar-refractivity contribution in [1.82, 2.24) is 19.9 Å². The second-order valence-electron chi connectivity index (χ2n) is 5.60. The van der Waals surface area contributed by atoms with Crippen LogP contribution in [0.15, 0.2) is 36.8 Å². The van der Waals surface area contributed by atoms with E-state index < -0.39 is 0 Å². The third kappa shape index (κ3) is 3.98. The van der Waals surface area contributed by atoms with Gasteiger partial charge in [0.2, 0.25) is 5.95 Å². The number of hydrogen-bond acceptors (Lipinski definition) is 5. The zero-order valence-electron chi connectivity index (χ0n) is 12.4. The van der Waals surface area contributed by atoms with Gasteiger partial charge in [-0.25, -0.2) is 9.97 Å². The van der Waals surface area contributed by atoms with Crippen LogP contribution in [0.2, 0.25) is 0 Å². The summed E-state index contributed by atoms with van der Waals surface area (Å²) in [6.45, 7) is 5.11. The zero-order chi connectivity index (χ0) is 14.5. The summed E-state index contributed by atoms with van der Waals surface area (Å²) >= 11 is 0. The first-order chi connectivity index (χ1) is 10.3. The highest BCUT2D eigenvalue weighted by Gasteiger charge is 2.20. The molecule has 1 N–H and O–H groups in total. The van der Waals surface area contributed by atoms with Crippen LogP contribution in [0.4, 0.5) is 5.95 Å². The average Bonchev–Trinajstić information content (AvgIpc) is 2.49. The summed E-state index contributed by atoms with van der Waals surface area (Å²) in [4.78, 5) is 15.4. The van der Waals surface area contributed by atoms with Gasteiger partial charge < -0.3 is 5.32 Å². The monoisotopic (exact) mass is 283 g/mol. The highest BCUT2D eigenvalue weighted by Crippen LogP contribution is 2.16. The first-order valence-corrected chi connectivity index (χ1v) is 7.47. The van der Waals surface area contributed by atoms with Crippen LogP contribution >= 0.6 is 0 Å². The van der Waals surface area contributed by atoms with Gasteiger partial charge in [-0.15, -0.1) is 0 Å². The van der Waals surface area contributed by atoms with Gasteiger partial charge in [-0.1, -0.05) is 6.07 Å². The van der Waals surface area contributed by atoms with Gasteiger partial charge in [-0.2, -0.15) is 0 Å². The molecule has 0 spiro atoms. The van der Waals surface area contributed by atoms with Gasteiger partial charge in [0.15, 0.2) is 0 Å². The summed E-state index contributed by atoms with van der Waals surface area (Å²) in [5, 5.41) is 3.46. The normalized spacial score (nSPS) is 19.4. The van der Waals surface area contributed by atoms with Crippen molar-refractivity contribution in [3.63, 3.8) is 0 Å². The van der Waals surface area contributed by atoms with E-state index in [0.29, 0.717) is 6.04 Å². The Morgan fingerprint density at radius 2 is 2.29 bits per heavy atom. The molecular weight excluding hydrogens is 262 g/mol. The number of nitrogens with zero attached hydrogens (tertiary/aromatic N) is 4. The number of piperidine rings is 1. The topological polar surface area (TPSA) is 53.9 Å². The maximum Gasteiger partial charge on any atom is 0.223 e. The Bertz CT molecular complexity index is 572. The van der Waals surface area contributed by atoms with Gasteiger partial charge in [-0.05, 0) is 44.0 Å². The molecule has 0 saturated carbocycles. The largest absolute Gasteiger partial charge is 0.350 e. The van der Waals surface area contributed by atoms with E-state index in [4.69, 9.17) is 0 Å². The number of nitrogens with one attached hydrogen (secondary N) is 1. The fourth-order valence-corrected chi connectivity index (χ4v) is 2.77. The van der Waals surface area contributed by atoms with E-state index in [1.165, 1.54) is 18.4 Å². The summed E-state index contributed by atoms with van der Waals surface area (Å²) < 4.78 is 0. The summed E-state index contributed by atoms with van der Waals surface area (Å²) in [7, 11) is 0. The summed E-state index contributed by atoms with van der Waals surface area (Å²) in [5.41, 5.74) is 2.26. The fraction of sp³-hybridized carbons (Fsp3) is 0.438. The summed E-state index contributed by atoms with van der Waals surface area (Å²) in [6, 6.07) is 6.46. The SMILES string of the molecule is Cc1ccnc(NC2CCCN(Cc3cccnc3)C2)n1. The van der Waals surface area contributed by atoms with Crippen molar-refractivity contribution in [2.24, 2.45) is 0 Å². The first kappa shape index (κ1) is 13.9. The smallest absolute Gasteiger partial charge is 0.223 e. The number of pyridine rings is 1. The minimum absolute atomic E-state index is 0.414. The predicted octanol–water partition coefficient (Wildman–Crippen LogP) is 2.26. The fourth-order valence-electron chi connectivity index (χ4n) is 2.77. The number of likely N-dealkylation sites (tertiary alicyclic amines) is 1. The van der Waals surface area contributed by atoms with Crippen molar-refractivity contribution in [1.29, 1.82) is 0 Å². The van der Waals surface area contributed by atoms with E-state index >= 15 is 0 Å². The van der Waals surface area contributed by atoms with Crippen molar-refractivity contribution in [3.05, 3.63) is 48.0 Å². The maximum atomic E-state index is 4.43. The minimum atomic E-state index is 0.414. The molecule has 21 heavy (non-hydrogen) atoms. The number of aromatic nitrogens is 3. The lowest BCUT2D eigenvalue weighted by Crippen LogP contribution is -2.41. The van der Waals surface area contributed by atoms with Gasteiger partial charge in [0, 0.05) is 43.4 Å². The van der Waals surface area contributed by atoms with Crippen LogP contribution in [-0.2, 0) is 6.54 Å². The first-order valence-electron chi connectivity index (χ1n) is 7.47. The molecule has 0 aliphatic carbocycles. The van der Waals surface area contributed by atoms with Crippen molar-refractivity contribution < 1.29 is 0 Å². The van der Waals surface area contributed by atoms with Gasteiger partial charge in [0.1, 0.15) is 0 Å². The Hall–Kier alpha value is -2.01. The average molecular weight is 283 g/mol. The molecular formula is C16H21N5. The van der Waals surface area contributed by atoms with E-state index in [1.807, 2.05) is 31.5 Å². The van der Waals surface area contributed by atoms with Crippen molar-refractivity contribution in [2.75, 3.05) is 18.4 Å². The van der Waals surface area contributed by atoms with Crippen LogP contribution < -0.4 is 5.32 Å². The molecule has 0 amide bonds. The highest BCUT2D eigenvalue weighted by molar-refractivity contribution is 5.26. The molecule has 5 heteroatoms. The van der Waals surface area contributed by atoms with Gasteiger partial charge in [0.05, 0.1) is 0 Å². The quantitative estimate of drug-likeness (QED) is 0.932. The Kier molecular flexibility index (Phi) is 4.40. The standard InChI is InChI=1S/C16H21N5/c1-13-6-8-18-16(19-13)20-15-5-3-9-21(12-15)11-14-4-2-7-17-10-14/h2,4,6-8,10,15H,3,5,9,11-12H2,1H3,(H,18,19,20). The molecule has 1 unspecified atom stereocenters. The van der Waals surface area contributed by atoms with Crippen molar-refractivity contribution in [3.8, 4) is 0 Å². The maximum absolute atomic E-state index is 4.43. The lowest BCUT2D eigenvalue weighted by molar-refractivity contribution is 0.208. The van der Waals surface area contributed by atoms with Gasteiger partial charge in [0.25, 0.3) is 0 Å². The van der Waals surface area contributed by atoms with Crippen LogP contribution in [0.1, 0.15) is 24.1 Å². The van der Waals surface area contributed by atoms with E-state index in [-0.39, 0.29) is 0 Å². The molecule has 0 aromatic carbocycles. The molecule has 1 atom stereocenters. The van der Waals surface area contributed by atoms with Crippen LogP contribution in [0.5, 0.6) is 0 Å². The van der Waals surface area contributed by atoms with Gasteiger partial charge >= 0.3 is 0 Å². The molecule has 0 bridgehead atoms. The second kappa shape index (κ2) is 6.63. The lowest BCUT2D eigenvalue weighted by Gasteiger charge is -2.33. The molecule has 110 valence electrons. The number of rotatable bonds is 4. The predicted molar refractivity (Wildman–Crippen MR) is 82.9 cm³/mol. The third-order valence-corrected chi connectivity index (χ3v) is 3.76. The minimum Gasteiger partial charge on any atom is -0.350 e. The second-order valence-corrected chi connectivity index (χ2v) is 5.60. The zero-order valence-corrected chi connectivity index (χ0v) is 12.4. The number of aryl methyl sites for hydroxylation is 1. The van der Waals surface area contributed by atoms with Crippen molar-refractivity contribution in [2.45, 2.75) is 32.4 Å². The Labute approximate surface area is 125 Å². The summed E-state index contributed by atoms with van der Waals surface area (Å²) in [6.07, 6.45) is 7.94. The number of hydrogen-bond donors (Lipinski definition) is 1. The van der Waals surface area contributed by atoms with E-state index in [0.717, 1.165) is 31.3 Å². The molecule has 0 radical (unpaired) electrons. The molecule has 2 aromatic heterocycles. The van der Waals surface area contributed by atoms with Gasteiger partial charge in [-0.3, -0.25) is 9.88 Å². The molecule has 1 fully saturated rings. The Morgan fingerprint density at radius 1 is 1.33 bits per heavy atom. The van der Waals surface area contributed by atoms with Crippen LogP contribution in [0.25, 0.3) is 0 Å². The molecule has 3 heterocycles. The van der Waals surface area contributed by atoms with Crippen molar-refractivity contribution >= 4 is 5.95 Å². The van der Waals surface area contributed by atoms with Crippen LogP contribution in [0, 0.1) is 6.92 Å². The van der Waals surface area contributed by atoms with E-state index in [9.17, 15) is 0 Å².